The first kappa shape index (κ1) is 48.7. The minimum absolute atomic E-state index is 0.168. The Morgan fingerprint density at radius 2 is 0.981 bits per heavy atom. The number of esters is 2. The van der Waals surface area contributed by atoms with Crippen LogP contribution in [-0.2, 0) is 65.2 Å². The fourth-order valence-corrected chi connectivity index (χ4v) is 5.27. The van der Waals surface area contributed by atoms with Gasteiger partial charge in [-0.25, -0.2) is 9.59 Å². The molecule has 0 bridgehead atoms. The molecule has 0 fully saturated rings. The summed E-state index contributed by atoms with van der Waals surface area (Å²) in [5, 5.41) is 9.65. The molecule has 0 aliphatic heterocycles. The van der Waals surface area contributed by atoms with Gasteiger partial charge >= 0.3 is 11.9 Å². The topological polar surface area (TPSA) is 172 Å². The van der Waals surface area contributed by atoms with E-state index < -0.39 is 34.3 Å². The number of ether oxygens (including phenoxy) is 8. The van der Waals surface area contributed by atoms with Crippen LogP contribution in [0.1, 0.15) is 64.5 Å². The average molecular weight is 787 g/mol. The molecule has 0 aliphatic rings. The Kier molecular flexibility index (Phi) is 27.9. The molecule has 0 saturated carbocycles. The van der Waals surface area contributed by atoms with Gasteiger partial charge in [0.05, 0.1) is 59.1 Å². The molecule has 308 valence electrons. The van der Waals surface area contributed by atoms with Crippen LogP contribution in [0.2, 0.25) is 0 Å². The first-order valence-electron chi connectivity index (χ1n) is 18.7. The number of aryl methyl sites for hydroxylation is 2. The van der Waals surface area contributed by atoms with Gasteiger partial charge in [0.15, 0.2) is 12.2 Å². The van der Waals surface area contributed by atoms with E-state index in [1.54, 1.807) is 13.8 Å². The lowest BCUT2D eigenvalue weighted by Crippen LogP contribution is -2.29. The van der Waals surface area contributed by atoms with Gasteiger partial charge in [-0.15, -0.1) is 0 Å². The number of hydrogen-bond donors (Lipinski definition) is 1. The summed E-state index contributed by atoms with van der Waals surface area (Å²) in [6.07, 6.45) is 2.17. The average Bonchev–Trinajstić information content (AvgIpc) is 3.15. The molecule has 2 atom stereocenters. The van der Waals surface area contributed by atoms with Crippen molar-refractivity contribution in [2.75, 3.05) is 85.5 Å². The maximum absolute atomic E-state index is 11.9. The molecule has 1 N–H and O–H groups in total. The molecular weight excluding hydrogens is 724 g/mol. The number of carbonyl (C=O) groups excluding carboxylic acids is 2. The van der Waals surface area contributed by atoms with E-state index in [-0.39, 0.29) is 19.6 Å². The third-order valence-corrected chi connectivity index (χ3v) is 7.85. The lowest BCUT2D eigenvalue weighted by Gasteiger charge is -2.14. The van der Waals surface area contributed by atoms with E-state index >= 15 is 0 Å². The monoisotopic (exact) mass is 786 g/mol. The van der Waals surface area contributed by atoms with Gasteiger partial charge < -0.3 is 43.0 Å². The molecule has 0 aliphatic carbocycles. The quantitative estimate of drug-likeness (QED) is 0.0656. The summed E-state index contributed by atoms with van der Waals surface area (Å²) in [6, 6.07) is 15.4. The molecule has 2 aromatic carbocycles. The number of aliphatic hydroxyl groups excluding tert-OH is 1. The van der Waals surface area contributed by atoms with E-state index in [9.17, 15) is 23.1 Å². The fraction of sp³-hybridized carbons (Fsp3) is 0.641. The predicted molar refractivity (Wildman–Crippen MR) is 203 cm³/mol. The zero-order valence-corrected chi connectivity index (χ0v) is 33.5. The van der Waals surface area contributed by atoms with Crippen molar-refractivity contribution in [1.29, 1.82) is 0 Å². The third-order valence-electron chi connectivity index (χ3n) is 7.27. The van der Waals surface area contributed by atoms with Gasteiger partial charge in [0.1, 0.15) is 24.7 Å². The number of benzene rings is 2. The highest BCUT2D eigenvalue weighted by atomic mass is 32.2. The molecular formula is C39H62O14S. The largest absolute Gasteiger partial charge is 0.491 e. The van der Waals surface area contributed by atoms with E-state index in [1.165, 1.54) is 0 Å². The van der Waals surface area contributed by atoms with Gasteiger partial charge in [0.25, 0.3) is 10.1 Å². The standard InChI is InChI=1S/C20H32O8S.C19H30O6/c1-4-24-13-14-25-15-16-27-18-11-9-17(10-12-18)7-6-8-19(20(21)26-5-2)28-29(3,22)23;1-3-22-12-13-23-14-15-25-17-10-8-16(9-11-17)6-5-7-18(20)19(21)24-4-2/h9-12,19H,4-8,13-16H2,1-3H3;8-11,18,20H,3-7,12-15H2,1-2H3. The minimum Gasteiger partial charge on any atom is -0.491 e. The summed E-state index contributed by atoms with van der Waals surface area (Å²) in [4.78, 5) is 23.2. The van der Waals surface area contributed by atoms with Crippen molar-refractivity contribution in [3.05, 3.63) is 59.7 Å². The minimum atomic E-state index is -3.74. The Morgan fingerprint density at radius 1 is 0.574 bits per heavy atom. The Labute approximate surface area is 321 Å². The highest BCUT2D eigenvalue weighted by Crippen LogP contribution is 2.17. The van der Waals surface area contributed by atoms with Gasteiger partial charge in [0.2, 0.25) is 0 Å². The second kappa shape index (κ2) is 31.0. The van der Waals surface area contributed by atoms with Gasteiger partial charge in [0, 0.05) is 13.2 Å². The van der Waals surface area contributed by atoms with Crippen molar-refractivity contribution >= 4 is 22.1 Å². The Hall–Kier alpha value is -3.31. The maximum Gasteiger partial charge on any atom is 0.336 e. The van der Waals surface area contributed by atoms with Crippen molar-refractivity contribution < 1.29 is 65.2 Å². The third kappa shape index (κ3) is 25.7. The molecule has 0 radical (unpaired) electrons. The van der Waals surface area contributed by atoms with Crippen LogP contribution >= 0.6 is 0 Å². The first-order valence-corrected chi connectivity index (χ1v) is 20.5. The lowest BCUT2D eigenvalue weighted by atomic mass is 10.1. The number of carbonyl (C=O) groups is 2. The summed E-state index contributed by atoms with van der Waals surface area (Å²) in [5.41, 5.74) is 2.18. The highest BCUT2D eigenvalue weighted by Gasteiger charge is 2.24. The van der Waals surface area contributed by atoms with Crippen molar-refractivity contribution in [3.63, 3.8) is 0 Å². The normalized spacial score (nSPS) is 12.3. The van der Waals surface area contributed by atoms with Gasteiger partial charge in [-0.05, 0) is 102 Å². The van der Waals surface area contributed by atoms with E-state index in [4.69, 9.17) is 42.1 Å². The molecule has 0 amide bonds. The van der Waals surface area contributed by atoms with Crippen LogP contribution in [-0.4, -0.2) is 123 Å². The molecule has 2 aromatic rings. The van der Waals surface area contributed by atoms with Crippen molar-refractivity contribution in [3.8, 4) is 11.5 Å². The summed E-state index contributed by atoms with van der Waals surface area (Å²) in [6.45, 7) is 13.4. The van der Waals surface area contributed by atoms with Crippen LogP contribution in [0, 0.1) is 0 Å². The van der Waals surface area contributed by atoms with Gasteiger partial charge in [-0.2, -0.15) is 8.42 Å². The number of hydrogen-bond acceptors (Lipinski definition) is 14. The van der Waals surface area contributed by atoms with Crippen molar-refractivity contribution in [1.82, 2.24) is 0 Å². The van der Waals surface area contributed by atoms with E-state index in [0.717, 1.165) is 35.3 Å². The Bertz CT molecular complexity index is 1340. The first-order chi connectivity index (χ1) is 26.0. The van der Waals surface area contributed by atoms with Crippen LogP contribution < -0.4 is 9.47 Å². The molecule has 54 heavy (non-hydrogen) atoms. The van der Waals surface area contributed by atoms with Gasteiger partial charge in [-0.3, -0.25) is 4.18 Å². The fourth-order valence-electron chi connectivity index (χ4n) is 4.67. The van der Waals surface area contributed by atoms with Crippen LogP contribution in [0.3, 0.4) is 0 Å². The Morgan fingerprint density at radius 3 is 1.41 bits per heavy atom. The molecule has 0 saturated heterocycles. The SMILES string of the molecule is CCOCCOCCOc1ccc(CCCC(O)C(=O)OCC)cc1.CCOCCOCCOc1ccc(CCCC(OS(C)(=O)=O)C(=O)OCC)cc1. The number of rotatable bonds is 30. The molecule has 2 unspecified atom stereocenters. The lowest BCUT2D eigenvalue weighted by molar-refractivity contribution is -0.153. The molecule has 2 rings (SSSR count). The summed E-state index contributed by atoms with van der Waals surface area (Å²) < 4.78 is 69.5. The maximum atomic E-state index is 11.9. The van der Waals surface area contributed by atoms with Crippen LogP contribution in [0.15, 0.2) is 48.5 Å². The highest BCUT2D eigenvalue weighted by molar-refractivity contribution is 7.86. The van der Waals surface area contributed by atoms with E-state index in [0.29, 0.717) is 91.8 Å². The predicted octanol–water partition coefficient (Wildman–Crippen LogP) is 4.71. The zero-order chi connectivity index (χ0) is 39.9. The summed E-state index contributed by atoms with van der Waals surface area (Å²) in [7, 11) is -3.74. The van der Waals surface area contributed by atoms with Gasteiger partial charge in [-0.1, -0.05) is 24.3 Å². The number of aliphatic hydroxyl groups is 1. The van der Waals surface area contributed by atoms with E-state index in [2.05, 4.69) is 0 Å². The molecule has 0 spiro atoms. The second-order valence-electron chi connectivity index (χ2n) is 11.7. The van der Waals surface area contributed by atoms with Crippen LogP contribution in [0.5, 0.6) is 11.5 Å². The Balaban J connectivity index is 0.000000546. The second-order valence-corrected chi connectivity index (χ2v) is 13.3. The van der Waals surface area contributed by atoms with E-state index in [1.807, 2.05) is 62.4 Å². The summed E-state index contributed by atoms with van der Waals surface area (Å²) in [5.74, 6) is 0.329. The van der Waals surface area contributed by atoms with Crippen molar-refractivity contribution in [2.45, 2.75) is 78.4 Å². The van der Waals surface area contributed by atoms with Crippen molar-refractivity contribution in [2.24, 2.45) is 0 Å². The molecule has 15 heteroatoms. The van der Waals surface area contributed by atoms with Crippen LogP contribution in [0.25, 0.3) is 0 Å². The summed E-state index contributed by atoms with van der Waals surface area (Å²) >= 11 is 0. The molecule has 0 heterocycles. The molecule has 14 nitrogen and oxygen atoms in total. The molecule has 0 aromatic heterocycles. The smallest absolute Gasteiger partial charge is 0.336 e. The zero-order valence-electron chi connectivity index (χ0n) is 32.7. The van der Waals surface area contributed by atoms with Crippen LogP contribution in [0.4, 0.5) is 0 Å².